The van der Waals surface area contributed by atoms with Gasteiger partial charge in [-0.2, -0.15) is 5.26 Å². The minimum absolute atomic E-state index is 0.0408. The van der Waals surface area contributed by atoms with Gasteiger partial charge in [0.2, 0.25) is 11.8 Å². The van der Waals surface area contributed by atoms with Crippen molar-refractivity contribution in [1.82, 2.24) is 15.1 Å². The van der Waals surface area contributed by atoms with Crippen molar-refractivity contribution in [3.63, 3.8) is 0 Å². The summed E-state index contributed by atoms with van der Waals surface area (Å²) in [4.78, 5) is 31.1. The van der Waals surface area contributed by atoms with Crippen LogP contribution in [0, 0.1) is 23.2 Å². The van der Waals surface area contributed by atoms with Crippen LogP contribution in [0.4, 0.5) is 5.69 Å². The molecule has 2 saturated carbocycles. The monoisotopic (exact) mass is 503 g/mol. The number of ether oxygens (including phenoxy) is 1. The third-order valence-corrected chi connectivity index (χ3v) is 8.88. The van der Waals surface area contributed by atoms with Gasteiger partial charge in [-0.1, -0.05) is 25.0 Å². The van der Waals surface area contributed by atoms with Crippen molar-refractivity contribution in [3.05, 3.63) is 30.0 Å². The maximum atomic E-state index is 13.7. The Kier molecular flexibility index (Phi) is 6.58. The van der Waals surface area contributed by atoms with Crippen LogP contribution in [0.5, 0.6) is 5.75 Å². The summed E-state index contributed by atoms with van der Waals surface area (Å²) in [6.07, 6.45) is 10.1. The Morgan fingerprint density at radius 1 is 1.08 bits per heavy atom. The molecule has 3 heterocycles. The molecule has 0 aromatic heterocycles. The lowest BCUT2D eigenvalue weighted by molar-refractivity contribution is -0.142. The zero-order chi connectivity index (χ0) is 25.4. The van der Waals surface area contributed by atoms with Gasteiger partial charge in [0.1, 0.15) is 17.9 Å². The van der Waals surface area contributed by atoms with E-state index in [0.29, 0.717) is 32.4 Å². The Bertz CT molecular complexity index is 1130. The third-order valence-electron chi connectivity index (χ3n) is 8.88. The fraction of sp³-hybridized carbons (Fsp3) is 0.621. The molecule has 3 atom stereocenters. The van der Waals surface area contributed by atoms with E-state index < -0.39 is 5.54 Å². The second kappa shape index (κ2) is 10.0. The van der Waals surface area contributed by atoms with Crippen molar-refractivity contribution in [2.45, 2.75) is 69.4 Å². The molecule has 8 heteroatoms. The van der Waals surface area contributed by atoms with E-state index in [2.05, 4.69) is 27.7 Å². The standard InChI is InChI=1S/C29H37N5O3/c30-19-29(11-12-29)32-27(35)21-6-1-2-7-22(21)28(36)34-15-10-24-23(18-34)20-8-5-9-25(26(20)31-24)37-17-16-33-13-3-4-14-33/h5,8-9,18,21-22,24,31H,1-4,6-7,10-17H2,(H,32,35)/t21-,22-,24?/m1/s1. The highest BCUT2D eigenvalue weighted by Crippen LogP contribution is 2.44. The maximum Gasteiger partial charge on any atom is 0.230 e. The molecule has 2 amide bonds. The Labute approximate surface area is 219 Å². The molecule has 37 heavy (non-hydrogen) atoms. The van der Waals surface area contributed by atoms with Gasteiger partial charge in [0.05, 0.1) is 23.7 Å². The smallest absolute Gasteiger partial charge is 0.230 e. The predicted molar refractivity (Wildman–Crippen MR) is 140 cm³/mol. The average Bonchev–Trinajstić information content (AvgIpc) is 3.32. The third kappa shape index (κ3) is 4.82. The number of benzene rings is 1. The number of hydrogen-bond donors (Lipinski definition) is 2. The fourth-order valence-corrected chi connectivity index (χ4v) is 6.50. The second-order valence-corrected chi connectivity index (χ2v) is 11.4. The zero-order valence-electron chi connectivity index (χ0n) is 21.5. The number of para-hydroxylation sites is 1. The van der Waals surface area contributed by atoms with Gasteiger partial charge < -0.3 is 20.3 Å². The summed E-state index contributed by atoms with van der Waals surface area (Å²) in [6.45, 7) is 4.58. The van der Waals surface area contributed by atoms with Gasteiger partial charge in [0, 0.05) is 36.3 Å². The van der Waals surface area contributed by atoms with E-state index in [4.69, 9.17) is 4.74 Å². The first-order valence-electron chi connectivity index (χ1n) is 14.1. The van der Waals surface area contributed by atoms with Crippen molar-refractivity contribution in [3.8, 4) is 11.8 Å². The quantitative estimate of drug-likeness (QED) is 0.591. The number of amides is 2. The number of nitrogens with one attached hydrogen (secondary N) is 2. The summed E-state index contributed by atoms with van der Waals surface area (Å²) in [6, 6.07) is 8.56. The summed E-state index contributed by atoms with van der Waals surface area (Å²) in [5, 5.41) is 16.0. The summed E-state index contributed by atoms with van der Waals surface area (Å²) >= 11 is 0. The van der Waals surface area contributed by atoms with E-state index in [1.165, 1.54) is 12.8 Å². The van der Waals surface area contributed by atoms with Crippen molar-refractivity contribution in [2.24, 2.45) is 11.8 Å². The lowest BCUT2D eigenvalue weighted by Crippen LogP contribution is -2.48. The first-order valence-corrected chi connectivity index (χ1v) is 14.1. The van der Waals surface area contributed by atoms with E-state index in [1.54, 1.807) is 0 Å². The number of fused-ring (bicyclic) bond motifs is 3. The molecular weight excluding hydrogens is 466 g/mol. The number of nitriles is 1. The number of carbonyl (C=O) groups is 2. The number of nitrogens with zero attached hydrogens (tertiary/aromatic N) is 3. The Morgan fingerprint density at radius 2 is 1.86 bits per heavy atom. The van der Waals surface area contributed by atoms with Crippen molar-refractivity contribution in [2.75, 3.05) is 38.1 Å². The molecule has 5 aliphatic rings. The predicted octanol–water partition coefficient (Wildman–Crippen LogP) is 3.51. The Balaban J connectivity index is 1.16. The molecule has 1 unspecified atom stereocenters. The molecule has 196 valence electrons. The summed E-state index contributed by atoms with van der Waals surface area (Å²) in [7, 11) is 0. The van der Waals surface area contributed by atoms with E-state index >= 15 is 0 Å². The molecule has 3 fully saturated rings. The Hall–Kier alpha value is -3.05. The SMILES string of the molecule is N#CC1(NC(=O)[C@@H]2CCCC[C@H]2C(=O)N2C=C3c4cccc(OCCN5CCCC5)c4NC3CC2)CC1. The van der Waals surface area contributed by atoms with Crippen molar-refractivity contribution < 1.29 is 14.3 Å². The average molecular weight is 504 g/mol. The molecule has 2 N–H and O–H groups in total. The second-order valence-electron chi connectivity index (χ2n) is 11.4. The molecule has 1 aromatic carbocycles. The number of hydrogen-bond acceptors (Lipinski definition) is 6. The lowest BCUT2D eigenvalue weighted by Gasteiger charge is -2.35. The van der Waals surface area contributed by atoms with Crippen LogP contribution in [0.1, 0.15) is 63.4 Å². The molecule has 2 aliphatic carbocycles. The van der Waals surface area contributed by atoms with Crippen LogP contribution in [-0.2, 0) is 9.59 Å². The number of likely N-dealkylation sites (tertiary alicyclic amines) is 1. The Morgan fingerprint density at radius 3 is 2.62 bits per heavy atom. The molecule has 8 nitrogen and oxygen atoms in total. The van der Waals surface area contributed by atoms with Crippen molar-refractivity contribution in [1.29, 1.82) is 5.26 Å². The highest BCUT2D eigenvalue weighted by molar-refractivity contribution is 5.93. The van der Waals surface area contributed by atoms with E-state index in [9.17, 15) is 14.9 Å². The van der Waals surface area contributed by atoms with Gasteiger partial charge >= 0.3 is 0 Å². The molecule has 3 aliphatic heterocycles. The number of carbonyl (C=O) groups excluding carboxylic acids is 2. The van der Waals surface area contributed by atoms with E-state index in [-0.39, 0.29) is 29.7 Å². The zero-order valence-corrected chi connectivity index (χ0v) is 21.5. The normalized spacial score (nSPS) is 27.8. The lowest BCUT2D eigenvalue weighted by atomic mass is 9.77. The minimum Gasteiger partial charge on any atom is -0.490 e. The summed E-state index contributed by atoms with van der Waals surface area (Å²) in [5.41, 5.74) is 2.55. The largest absolute Gasteiger partial charge is 0.490 e. The molecule has 0 radical (unpaired) electrons. The van der Waals surface area contributed by atoms with Crippen LogP contribution in [0.25, 0.3) is 5.57 Å². The van der Waals surface area contributed by atoms with Crippen LogP contribution in [0.2, 0.25) is 0 Å². The molecule has 1 aromatic rings. The molecular formula is C29H37N5O3. The van der Waals surface area contributed by atoms with E-state index in [1.807, 2.05) is 23.2 Å². The van der Waals surface area contributed by atoms with Crippen LogP contribution in [0.3, 0.4) is 0 Å². The van der Waals surface area contributed by atoms with Crippen LogP contribution in [-0.4, -0.2) is 66.0 Å². The first kappa shape index (κ1) is 24.3. The van der Waals surface area contributed by atoms with Crippen LogP contribution < -0.4 is 15.4 Å². The van der Waals surface area contributed by atoms with Crippen LogP contribution >= 0.6 is 0 Å². The topological polar surface area (TPSA) is 97.7 Å². The van der Waals surface area contributed by atoms with Gasteiger partial charge in [-0.05, 0) is 64.1 Å². The molecule has 0 bridgehead atoms. The number of rotatable bonds is 7. The fourth-order valence-electron chi connectivity index (χ4n) is 6.50. The summed E-state index contributed by atoms with van der Waals surface area (Å²) < 4.78 is 6.20. The van der Waals surface area contributed by atoms with Gasteiger partial charge in [-0.15, -0.1) is 0 Å². The van der Waals surface area contributed by atoms with Gasteiger partial charge in [-0.25, -0.2) is 0 Å². The highest BCUT2D eigenvalue weighted by atomic mass is 16.5. The molecule has 1 saturated heterocycles. The van der Waals surface area contributed by atoms with Crippen molar-refractivity contribution >= 4 is 23.1 Å². The van der Waals surface area contributed by atoms with Gasteiger partial charge in [-0.3, -0.25) is 14.5 Å². The summed E-state index contributed by atoms with van der Waals surface area (Å²) in [5.74, 6) is 0.112. The molecule has 6 rings (SSSR count). The van der Waals surface area contributed by atoms with E-state index in [0.717, 1.165) is 67.9 Å². The van der Waals surface area contributed by atoms with Crippen LogP contribution in [0.15, 0.2) is 24.4 Å². The highest BCUT2D eigenvalue weighted by Gasteiger charge is 2.48. The minimum atomic E-state index is -0.698. The number of anilines is 1. The molecule has 0 spiro atoms. The van der Waals surface area contributed by atoms with Gasteiger partial charge in [0.25, 0.3) is 0 Å². The van der Waals surface area contributed by atoms with Gasteiger partial charge in [0.15, 0.2) is 0 Å². The maximum absolute atomic E-state index is 13.7. The first-order chi connectivity index (χ1) is 18.1.